The quantitative estimate of drug-likeness (QED) is 0.295. The van der Waals surface area contributed by atoms with Crippen LogP contribution < -0.4 is 15.4 Å². The maximum absolute atomic E-state index is 5.18. The van der Waals surface area contributed by atoms with Gasteiger partial charge in [0.25, 0.3) is 0 Å². The summed E-state index contributed by atoms with van der Waals surface area (Å²) in [7, 11) is 3.51. The Morgan fingerprint density at radius 1 is 1.18 bits per heavy atom. The maximum Gasteiger partial charge on any atom is 0.192 e. The second-order valence-corrected chi connectivity index (χ2v) is 5.80. The normalized spacial score (nSPS) is 11.0. The van der Waals surface area contributed by atoms with Crippen molar-refractivity contribution in [3.8, 4) is 11.4 Å². The molecule has 0 bridgehead atoms. The first kappa shape index (κ1) is 21.7. The third-order valence-corrected chi connectivity index (χ3v) is 3.94. The molecule has 2 heterocycles. The van der Waals surface area contributed by atoms with Crippen LogP contribution in [0.2, 0.25) is 0 Å². The Labute approximate surface area is 181 Å². The summed E-state index contributed by atoms with van der Waals surface area (Å²) in [5.41, 5.74) is 1.85. The Kier molecular flexibility index (Phi) is 8.23. The van der Waals surface area contributed by atoms with Crippen LogP contribution in [0.25, 0.3) is 5.69 Å². The van der Waals surface area contributed by atoms with Crippen LogP contribution >= 0.6 is 24.0 Å². The van der Waals surface area contributed by atoms with Gasteiger partial charge in [-0.2, -0.15) is 10.2 Å². The summed E-state index contributed by atoms with van der Waals surface area (Å²) in [6.07, 6.45) is 3.46. The summed E-state index contributed by atoms with van der Waals surface area (Å²) in [5, 5.41) is 15.1. The number of nitrogens with zero attached hydrogens (tertiary/aromatic N) is 6. The van der Waals surface area contributed by atoms with Crippen molar-refractivity contribution in [3.63, 3.8) is 0 Å². The molecule has 0 aliphatic rings. The molecule has 0 aliphatic heterocycles. The first-order valence-corrected chi connectivity index (χ1v) is 8.73. The molecule has 3 aromatic rings. The van der Waals surface area contributed by atoms with Crippen LogP contribution in [-0.4, -0.2) is 44.2 Å². The van der Waals surface area contributed by atoms with E-state index in [-0.39, 0.29) is 24.0 Å². The number of hydrogen-bond acceptors (Lipinski definition) is 5. The molecule has 0 saturated heterocycles. The summed E-state index contributed by atoms with van der Waals surface area (Å²) in [4.78, 5) is 8.79. The molecule has 0 spiro atoms. The van der Waals surface area contributed by atoms with Crippen LogP contribution in [-0.2, 0) is 20.1 Å². The summed E-state index contributed by atoms with van der Waals surface area (Å²) >= 11 is 0. The third kappa shape index (κ3) is 5.68. The Balaban J connectivity index is 0.00000280. The molecule has 0 atom stereocenters. The van der Waals surface area contributed by atoms with Gasteiger partial charge < -0.3 is 15.4 Å². The molecule has 2 aromatic heterocycles. The smallest absolute Gasteiger partial charge is 0.192 e. The highest BCUT2D eigenvalue weighted by Crippen LogP contribution is 2.14. The third-order valence-electron chi connectivity index (χ3n) is 3.94. The Hall–Kier alpha value is -2.63. The molecule has 0 fully saturated rings. The topological polar surface area (TPSA) is 94.2 Å². The highest BCUT2D eigenvalue weighted by Gasteiger charge is 2.05. The van der Waals surface area contributed by atoms with E-state index in [1.165, 1.54) is 6.33 Å². The molecule has 150 valence electrons. The number of aryl methyl sites for hydroxylation is 1. The van der Waals surface area contributed by atoms with E-state index >= 15 is 0 Å². The molecule has 0 aliphatic carbocycles. The van der Waals surface area contributed by atoms with E-state index in [9.17, 15) is 0 Å². The lowest BCUT2D eigenvalue weighted by Crippen LogP contribution is -2.37. The number of benzene rings is 1. The fraction of sp³-hybridized carbons (Fsp3) is 0.333. The van der Waals surface area contributed by atoms with Crippen LogP contribution in [0.5, 0.6) is 5.75 Å². The van der Waals surface area contributed by atoms with Crippen molar-refractivity contribution in [3.05, 3.63) is 54.4 Å². The van der Waals surface area contributed by atoms with E-state index in [0.29, 0.717) is 19.0 Å². The van der Waals surface area contributed by atoms with Crippen molar-refractivity contribution in [2.75, 3.05) is 13.7 Å². The minimum absolute atomic E-state index is 0. The van der Waals surface area contributed by atoms with Crippen molar-refractivity contribution in [2.24, 2.45) is 12.0 Å². The first-order valence-electron chi connectivity index (χ1n) is 8.73. The number of nitrogens with one attached hydrogen (secondary N) is 2. The van der Waals surface area contributed by atoms with Gasteiger partial charge in [0.15, 0.2) is 5.96 Å². The second-order valence-electron chi connectivity index (χ2n) is 5.80. The second kappa shape index (κ2) is 10.6. The van der Waals surface area contributed by atoms with Crippen molar-refractivity contribution in [1.82, 2.24) is 35.2 Å². The number of halogens is 1. The van der Waals surface area contributed by atoms with Crippen LogP contribution in [0.1, 0.15) is 18.4 Å². The van der Waals surface area contributed by atoms with Gasteiger partial charge in [0.05, 0.1) is 31.6 Å². The number of guanidine groups is 1. The van der Waals surface area contributed by atoms with Gasteiger partial charge in [-0.3, -0.25) is 4.68 Å². The molecule has 1 aromatic carbocycles. The van der Waals surface area contributed by atoms with Gasteiger partial charge in [0.1, 0.15) is 17.9 Å². The van der Waals surface area contributed by atoms with Gasteiger partial charge in [0.2, 0.25) is 0 Å². The maximum atomic E-state index is 5.18. The van der Waals surface area contributed by atoms with Gasteiger partial charge in [-0.1, -0.05) is 0 Å². The first-order chi connectivity index (χ1) is 13.2. The highest BCUT2D eigenvalue weighted by molar-refractivity contribution is 14.0. The fourth-order valence-electron chi connectivity index (χ4n) is 2.47. The Morgan fingerprint density at radius 3 is 2.61 bits per heavy atom. The molecule has 10 heteroatoms. The minimum atomic E-state index is 0. The monoisotopic (exact) mass is 496 g/mol. The van der Waals surface area contributed by atoms with Crippen LogP contribution in [0.4, 0.5) is 0 Å². The number of aromatic nitrogens is 5. The molecule has 0 radical (unpaired) electrons. The zero-order chi connectivity index (χ0) is 19.1. The minimum Gasteiger partial charge on any atom is -0.497 e. The van der Waals surface area contributed by atoms with Gasteiger partial charge in [0, 0.05) is 19.8 Å². The molecule has 9 nitrogen and oxygen atoms in total. The van der Waals surface area contributed by atoms with Gasteiger partial charge in [-0.15, -0.1) is 24.0 Å². The Bertz CT molecular complexity index is 887. The number of aliphatic imine (C=N–C) groups is 1. The number of hydrogen-bond donors (Lipinski definition) is 2. The van der Waals surface area contributed by atoms with E-state index in [0.717, 1.165) is 29.5 Å². The lowest BCUT2D eigenvalue weighted by atomic mass is 10.3. The van der Waals surface area contributed by atoms with E-state index in [2.05, 4.69) is 30.8 Å². The van der Waals surface area contributed by atoms with Crippen molar-refractivity contribution < 1.29 is 4.74 Å². The SMILES string of the molecule is CCNC(=NCc1ccn(-c2ccc(OC)cc2)n1)NCc1ncnn1C.I. The predicted molar refractivity (Wildman–Crippen MR) is 118 cm³/mol. The average molecular weight is 496 g/mol. The van der Waals surface area contributed by atoms with E-state index in [1.807, 2.05) is 55.2 Å². The van der Waals surface area contributed by atoms with Crippen LogP contribution in [0.15, 0.2) is 47.8 Å². The van der Waals surface area contributed by atoms with E-state index < -0.39 is 0 Å². The number of rotatable bonds is 7. The fourth-order valence-corrected chi connectivity index (χ4v) is 2.47. The summed E-state index contributed by atoms with van der Waals surface area (Å²) in [6.45, 7) is 3.81. The molecular formula is C18H25IN8O. The molecule has 0 saturated carbocycles. The lowest BCUT2D eigenvalue weighted by molar-refractivity contribution is 0.414. The van der Waals surface area contributed by atoms with Gasteiger partial charge in [-0.05, 0) is 37.3 Å². The van der Waals surface area contributed by atoms with Gasteiger partial charge >= 0.3 is 0 Å². The van der Waals surface area contributed by atoms with Gasteiger partial charge in [-0.25, -0.2) is 14.7 Å². The van der Waals surface area contributed by atoms with E-state index in [4.69, 9.17) is 4.74 Å². The van der Waals surface area contributed by atoms with Crippen LogP contribution in [0.3, 0.4) is 0 Å². The zero-order valence-corrected chi connectivity index (χ0v) is 18.5. The van der Waals surface area contributed by atoms with Crippen molar-refractivity contribution in [2.45, 2.75) is 20.0 Å². The predicted octanol–water partition coefficient (Wildman–Crippen LogP) is 1.88. The molecule has 0 unspecified atom stereocenters. The lowest BCUT2D eigenvalue weighted by Gasteiger charge is -2.10. The number of ether oxygens (including phenoxy) is 1. The van der Waals surface area contributed by atoms with E-state index in [1.54, 1.807) is 11.8 Å². The van der Waals surface area contributed by atoms with Crippen LogP contribution in [0, 0.1) is 0 Å². The summed E-state index contributed by atoms with van der Waals surface area (Å²) in [5.74, 6) is 2.36. The molecular weight excluding hydrogens is 471 g/mol. The highest BCUT2D eigenvalue weighted by atomic mass is 127. The standard InChI is InChI=1S/C18H24N8O.HI/c1-4-19-18(21-12-17-22-13-23-25(17)2)20-11-14-9-10-26(24-14)15-5-7-16(27-3)8-6-15;/h5-10,13H,4,11-12H2,1-3H3,(H2,19,20,21);1H. The molecule has 2 N–H and O–H groups in total. The van der Waals surface area contributed by atoms with Crippen molar-refractivity contribution in [1.29, 1.82) is 0 Å². The molecule has 3 rings (SSSR count). The average Bonchev–Trinajstić information content (AvgIpc) is 3.33. The Morgan fingerprint density at radius 2 is 1.96 bits per heavy atom. The summed E-state index contributed by atoms with van der Waals surface area (Å²) in [6, 6.07) is 9.71. The molecule has 28 heavy (non-hydrogen) atoms. The largest absolute Gasteiger partial charge is 0.497 e. The van der Waals surface area contributed by atoms with Crippen molar-refractivity contribution >= 4 is 29.9 Å². The zero-order valence-electron chi connectivity index (χ0n) is 16.2. The summed E-state index contributed by atoms with van der Waals surface area (Å²) < 4.78 is 8.74. The molecule has 0 amide bonds. The number of methoxy groups -OCH3 is 1.